The molecule has 1 unspecified atom stereocenters. The highest BCUT2D eigenvalue weighted by atomic mass is 16.5. The van der Waals surface area contributed by atoms with Crippen molar-refractivity contribution >= 4 is 5.69 Å². The molecular formula is C22H24N4O2. The SMILES string of the molecule is CC1(N)CCN(c2c(OCc3ccccc3)ccn(-c3cccnc3)c2=O)C1. The number of benzene rings is 1. The molecule has 0 bridgehead atoms. The molecule has 0 saturated carbocycles. The Kier molecular flexibility index (Phi) is 4.88. The minimum absolute atomic E-state index is 0.128. The Morgan fingerprint density at radius 2 is 2.00 bits per heavy atom. The molecule has 6 nitrogen and oxygen atoms in total. The largest absolute Gasteiger partial charge is 0.486 e. The molecule has 0 amide bonds. The highest BCUT2D eigenvalue weighted by Gasteiger charge is 2.33. The molecule has 2 aromatic heterocycles. The third-order valence-corrected chi connectivity index (χ3v) is 5.01. The molecule has 1 fully saturated rings. The zero-order chi connectivity index (χ0) is 19.6. The van der Waals surface area contributed by atoms with E-state index in [1.54, 1.807) is 23.2 Å². The Hall–Kier alpha value is -3.12. The van der Waals surface area contributed by atoms with Gasteiger partial charge in [0.05, 0.1) is 11.9 Å². The summed E-state index contributed by atoms with van der Waals surface area (Å²) in [6, 6.07) is 15.4. The summed E-state index contributed by atoms with van der Waals surface area (Å²) in [4.78, 5) is 19.5. The van der Waals surface area contributed by atoms with Crippen molar-refractivity contribution in [3.05, 3.63) is 83.0 Å². The molecule has 3 aromatic rings. The van der Waals surface area contributed by atoms with Crippen molar-refractivity contribution in [3.8, 4) is 11.4 Å². The second-order valence-electron chi connectivity index (χ2n) is 7.51. The van der Waals surface area contributed by atoms with Gasteiger partial charge >= 0.3 is 0 Å². The minimum Gasteiger partial charge on any atom is -0.486 e. The first-order valence-electron chi connectivity index (χ1n) is 9.40. The van der Waals surface area contributed by atoms with Crippen LogP contribution < -0.4 is 20.9 Å². The summed E-state index contributed by atoms with van der Waals surface area (Å²) in [5.74, 6) is 0.576. The quantitative estimate of drug-likeness (QED) is 0.741. The maximum Gasteiger partial charge on any atom is 0.282 e. The number of nitrogens with zero attached hydrogens (tertiary/aromatic N) is 3. The molecule has 1 aromatic carbocycles. The fourth-order valence-corrected chi connectivity index (χ4v) is 3.53. The van der Waals surface area contributed by atoms with Crippen LogP contribution in [0.1, 0.15) is 18.9 Å². The predicted octanol–water partition coefficient (Wildman–Crippen LogP) is 2.74. The summed E-state index contributed by atoms with van der Waals surface area (Å²) in [6.07, 6.45) is 5.92. The van der Waals surface area contributed by atoms with Gasteiger partial charge < -0.3 is 15.4 Å². The van der Waals surface area contributed by atoms with Gasteiger partial charge in [0.2, 0.25) is 0 Å². The van der Waals surface area contributed by atoms with Crippen LogP contribution in [-0.4, -0.2) is 28.2 Å². The lowest BCUT2D eigenvalue weighted by Gasteiger charge is -2.24. The maximum atomic E-state index is 13.4. The Bertz CT molecular complexity index is 1000. The lowest BCUT2D eigenvalue weighted by molar-refractivity contribution is 0.305. The van der Waals surface area contributed by atoms with Crippen LogP contribution in [0.15, 0.2) is 71.9 Å². The van der Waals surface area contributed by atoms with Crippen molar-refractivity contribution in [2.75, 3.05) is 18.0 Å². The molecule has 1 atom stereocenters. The first-order chi connectivity index (χ1) is 13.5. The maximum absolute atomic E-state index is 13.4. The average Bonchev–Trinajstić information content (AvgIpc) is 3.07. The molecule has 1 aliphatic heterocycles. The van der Waals surface area contributed by atoms with E-state index in [0.717, 1.165) is 24.2 Å². The highest BCUT2D eigenvalue weighted by Crippen LogP contribution is 2.31. The van der Waals surface area contributed by atoms with E-state index < -0.39 is 0 Å². The number of hydrogen-bond donors (Lipinski definition) is 1. The Labute approximate surface area is 164 Å². The number of aromatic nitrogens is 2. The minimum atomic E-state index is -0.321. The van der Waals surface area contributed by atoms with E-state index in [2.05, 4.69) is 4.98 Å². The second-order valence-corrected chi connectivity index (χ2v) is 7.51. The molecular weight excluding hydrogens is 352 g/mol. The number of ether oxygens (including phenoxy) is 1. The molecule has 3 heterocycles. The molecule has 1 saturated heterocycles. The normalized spacial score (nSPS) is 19.0. The summed E-state index contributed by atoms with van der Waals surface area (Å²) in [6.45, 7) is 3.75. The fourth-order valence-electron chi connectivity index (χ4n) is 3.53. The van der Waals surface area contributed by atoms with Gasteiger partial charge in [-0.1, -0.05) is 30.3 Å². The van der Waals surface area contributed by atoms with E-state index in [1.165, 1.54) is 0 Å². The van der Waals surface area contributed by atoms with Gasteiger partial charge in [-0.3, -0.25) is 14.3 Å². The summed E-state index contributed by atoms with van der Waals surface area (Å²) in [5.41, 5.74) is 8.19. The van der Waals surface area contributed by atoms with Crippen LogP contribution in [0.4, 0.5) is 5.69 Å². The zero-order valence-electron chi connectivity index (χ0n) is 15.9. The summed E-state index contributed by atoms with van der Waals surface area (Å²) >= 11 is 0. The number of rotatable bonds is 5. The van der Waals surface area contributed by atoms with Crippen molar-refractivity contribution in [3.63, 3.8) is 0 Å². The Balaban J connectivity index is 1.73. The van der Waals surface area contributed by atoms with Gasteiger partial charge in [-0.2, -0.15) is 0 Å². The van der Waals surface area contributed by atoms with Gasteiger partial charge in [0, 0.05) is 31.0 Å². The topological polar surface area (TPSA) is 73.4 Å². The second kappa shape index (κ2) is 7.48. The molecule has 6 heteroatoms. The van der Waals surface area contributed by atoms with Crippen molar-refractivity contribution in [1.29, 1.82) is 0 Å². The molecule has 28 heavy (non-hydrogen) atoms. The Morgan fingerprint density at radius 1 is 1.18 bits per heavy atom. The fraction of sp³-hybridized carbons (Fsp3) is 0.273. The van der Waals surface area contributed by atoms with Crippen molar-refractivity contribution in [2.24, 2.45) is 5.73 Å². The standard InChI is InChI=1S/C22H24N4O2/c1-22(23)10-13-25(16-22)20-19(28-15-17-6-3-2-4-7-17)9-12-26(21(20)27)18-8-5-11-24-14-18/h2-9,11-12,14H,10,13,15-16,23H2,1H3. The zero-order valence-corrected chi connectivity index (χ0v) is 15.9. The molecule has 0 aliphatic carbocycles. The lowest BCUT2D eigenvalue weighted by Crippen LogP contribution is -2.40. The van der Waals surface area contributed by atoms with E-state index in [-0.39, 0.29) is 11.1 Å². The van der Waals surface area contributed by atoms with Crippen molar-refractivity contribution in [1.82, 2.24) is 9.55 Å². The van der Waals surface area contributed by atoms with Gasteiger partial charge in [-0.15, -0.1) is 0 Å². The summed E-state index contributed by atoms with van der Waals surface area (Å²) in [5, 5.41) is 0. The smallest absolute Gasteiger partial charge is 0.282 e. The van der Waals surface area contributed by atoms with Gasteiger partial charge in [0.25, 0.3) is 5.56 Å². The monoisotopic (exact) mass is 376 g/mol. The van der Waals surface area contributed by atoms with Crippen LogP contribution in [0.3, 0.4) is 0 Å². The highest BCUT2D eigenvalue weighted by molar-refractivity contribution is 5.59. The van der Waals surface area contributed by atoms with Crippen LogP contribution in [0, 0.1) is 0 Å². The third-order valence-electron chi connectivity index (χ3n) is 5.01. The summed E-state index contributed by atoms with van der Waals surface area (Å²) in [7, 11) is 0. The van der Waals surface area contributed by atoms with Gasteiger partial charge in [0.15, 0.2) is 0 Å². The van der Waals surface area contributed by atoms with Gasteiger partial charge in [0.1, 0.15) is 18.0 Å². The van der Waals surface area contributed by atoms with Gasteiger partial charge in [-0.05, 0) is 37.1 Å². The van der Waals surface area contributed by atoms with E-state index >= 15 is 0 Å². The predicted molar refractivity (Wildman–Crippen MR) is 110 cm³/mol. The van der Waals surface area contributed by atoms with Crippen molar-refractivity contribution in [2.45, 2.75) is 25.5 Å². The first kappa shape index (κ1) is 18.3. The summed E-state index contributed by atoms with van der Waals surface area (Å²) < 4.78 is 7.67. The van der Waals surface area contributed by atoms with Crippen LogP contribution in [-0.2, 0) is 6.61 Å². The van der Waals surface area contributed by atoms with E-state index in [0.29, 0.717) is 24.6 Å². The molecule has 144 valence electrons. The number of nitrogens with two attached hydrogens (primary N) is 1. The molecule has 2 N–H and O–H groups in total. The number of pyridine rings is 2. The van der Waals surface area contributed by atoms with Crippen LogP contribution >= 0.6 is 0 Å². The Morgan fingerprint density at radius 3 is 2.68 bits per heavy atom. The van der Waals surface area contributed by atoms with E-state index in [4.69, 9.17) is 10.5 Å². The molecule has 0 spiro atoms. The van der Waals surface area contributed by atoms with E-state index in [1.807, 2.05) is 60.4 Å². The average molecular weight is 376 g/mol. The van der Waals surface area contributed by atoms with Gasteiger partial charge in [-0.25, -0.2) is 0 Å². The van der Waals surface area contributed by atoms with Crippen molar-refractivity contribution < 1.29 is 4.74 Å². The third kappa shape index (κ3) is 3.77. The first-order valence-corrected chi connectivity index (χ1v) is 9.40. The number of anilines is 1. The number of hydrogen-bond acceptors (Lipinski definition) is 5. The lowest BCUT2D eigenvalue weighted by atomic mass is 10.0. The van der Waals surface area contributed by atoms with Crippen LogP contribution in [0.25, 0.3) is 5.69 Å². The molecule has 4 rings (SSSR count). The molecule has 1 aliphatic rings. The van der Waals surface area contributed by atoms with E-state index in [9.17, 15) is 4.79 Å². The molecule has 0 radical (unpaired) electrons. The van der Waals surface area contributed by atoms with Crippen LogP contribution in [0.2, 0.25) is 0 Å². The van der Waals surface area contributed by atoms with Crippen LogP contribution in [0.5, 0.6) is 5.75 Å².